The van der Waals surface area contributed by atoms with Crippen LogP contribution in [-0.4, -0.2) is 22.5 Å². The highest BCUT2D eigenvalue weighted by Gasteiger charge is 2.15. The minimum absolute atomic E-state index is 0.0104. The van der Waals surface area contributed by atoms with Crippen LogP contribution in [0, 0.1) is 21.4 Å². The molecule has 1 amide bonds. The number of phenolic OH excluding ortho intramolecular Hbond substituents is 1. The van der Waals surface area contributed by atoms with Crippen molar-refractivity contribution in [2.24, 2.45) is 0 Å². The Balaban J connectivity index is 1.81. The predicted molar refractivity (Wildman–Crippen MR) is 133 cm³/mol. The van der Waals surface area contributed by atoms with Gasteiger partial charge in [-0.3, -0.25) is 14.9 Å². The van der Waals surface area contributed by atoms with Crippen molar-refractivity contribution in [2.45, 2.75) is 13.5 Å². The lowest BCUT2D eigenvalue weighted by Crippen LogP contribution is -2.13. The number of aromatic hydroxyl groups is 1. The van der Waals surface area contributed by atoms with E-state index in [4.69, 9.17) is 9.47 Å². The summed E-state index contributed by atoms with van der Waals surface area (Å²) in [5, 5.41) is 32.3. The summed E-state index contributed by atoms with van der Waals surface area (Å²) < 4.78 is 12.1. The van der Waals surface area contributed by atoms with E-state index < -0.39 is 10.8 Å². The minimum Gasteiger partial charge on any atom is -0.508 e. The van der Waals surface area contributed by atoms with Gasteiger partial charge in [0.05, 0.1) is 16.0 Å². The molecular formula is C25H20BrN3O6. The molecular weight excluding hydrogens is 518 g/mol. The molecule has 9 nitrogen and oxygen atoms in total. The molecule has 0 aliphatic heterocycles. The topological polar surface area (TPSA) is 135 Å². The quantitative estimate of drug-likeness (QED) is 0.119. The first-order chi connectivity index (χ1) is 16.8. The van der Waals surface area contributed by atoms with E-state index in [1.165, 1.54) is 42.5 Å². The standard InChI is InChI=1S/C25H20BrN3O6/c1-2-34-23-13-17(11-18(14-27)25(31)28-19-5-9-21(30)10-6-19)12-22(26)24(23)35-15-16-3-7-20(8-4-16)29(32)33/h3-13,30H,2,15H2,1H3,(H,28,31)/b18-11+. The van der Waals surface area contributed by atoms with Crippen LogP contribution in [0.4, 0.5) is 11.4 Å². The number of amides is 1. The van der Waals surface area contributed by atoms with Crippen molar-refractivity contribution in [1.82, 2.24) is 0 Å². The lowest BCUT2D eigenvalue weighted by atomic mass is 10.1. The largest absolute Gasteiger partial charge is 0.508 e. The number of halogens is 1. The van der Waals surface area contributed by atoms with Gasteiger partial charge in [-0.05, 0) is 88.6 Å². The summed E-state index contributed by atoms with van der Waals surface area (Å²) in [5.41, 5.74) is 1.54. The average molecular weight is 538 g/mol. The molecule has 10 heteroatoms. The normalized spacial score (nSPS) is 10.8. The predicted octanol–water partition coefficient (Wildman–Crippen LogP) is 5.59. The van der Waals surface area contributed by atoms with Crippen molar-refractivity contribution in [3.05, 3.63) is 92.0 Å². The van der Waals surface area contributed by atoms with Gasteiger partial charge in [0.15, 0.2) is 11.5 Å². The molecule has 0 heterocycles. The van der Waals surface area contributed by atoms with Crippen LogP contribution in [0.2, 0.25) is 0 Å². The lowest BCUT2D eigenvalue weighted by Gasteiger charge is -2.15. The molecule has 0 spiro atoms. The van der Waals surface area contributed by atoms with Crippen molar-refractivity contribution in [3.63, 3.8) is 0 Å². The second-order valence-electron chi connectivity index (χ2n) is 7.15. The number of benzene rings is 3. The Hall–Kier alpha value is -4.36. The van der Waals surface area contributed by atoms with Gasteiger partial charge in [0.1, 0.15) is 24.0 Å². The maximum Gasteiger partial charge on any atom is 0.269 e. The van der Waals surface area contributed by atoms with E-state index in [1.54, 1.807) is 24.3 Å². The van der Waals surface area contributed by atoms with Crippen molar-refractivity contribution < 1.29 is 24.3 Å². The number of non-ortho nitro benzene ring substituents is 1. The van der Waals surface area contributed by atoms with Gasteiger partial charge >= 0.3 is 0 Å². The lowest BCUT2D eigenvalue weighted by molar-refractivity contribution is -0.384. The molecule has 0 bridgehead atoms. The fraction of sp³-hybridized carbons (Fsp3) is 0.120. The smallest absolute Gasteiger partial charge is 0.269 e. The first kappa shape index (κ1) is 25.3. The third-order valence-corrected chi connectivity index (χ3v) is 5.25. The molecule has 2 N–H and O–H groups in total. The fourth-order valence-electron chi connectivity index (χ4n) is 3.00. The van der Waals surface area contributed by atoms with Gasteiger partial charge in [-0.15, -0.1) is 0 Å². The van der Waals surface area contributed by atoms with E-state index >= 15 is 0 Å². The first-order valence-electron chi connectivity index (χ1n) is 10.4. The summed E-state index contributed by atoms with van der Waals surface area (Å²) in [6.07, 6.45) is 1.42. The molecule has 0 saturated carbocycles. The number of nitro benzene ring substituents is 1. The molecule has 3 aromatic rings. The number of nitrogens with zero attached hydrogens (tertiary/aromatic N) is 2. The Morgan fingerprint density at radius 2 is 1.86 bits per heavy atom. The molecule has 0 unspecified atom stereocenters. The van der Waals surface area contributed by atoms with Crippen LogP contribution in [0.25, 0.3) is 6.08 Å². The number of hydrogen-bond acceptors (Lipinski definition) is 7. The van der Waals surface area contributed by atoms with Gasteiger partial charge in [0, 0.05) is 17.8 Å². The Morgan fingerprint density at radius 3 is 2.46 bits per heavy atom. The zero-order valence-electron chi connectivity index (χ0n) is 18.5. The SMILES string of the molecule is CCOc1cc(/C=C(\C#N)C(=O)Nc2ccc(O)cc2)cc(Br)c1OCc1ccc([N+](=O)[O-])cc1. The number of nitriles is 1. The summed E-state index contributed by atoms with van der Waals surface area (Å²) >= 11 is 3.45. The van der Waals surface area contributed by atoms with E-state index in [0.717, 1.165) is 5.56 Å². The molecule has 0 atom stereocenters. The van der Waals surface area contributed by atoms with Gasteiger partial charge in [0.2, 0.25) is 0 Å². The van der Waals surface area contributed by atoms with Gasteiger partial charge in [-0.1, -0.05) is 0 Å². The van der Waals surface area contributed by atoms with E-state index in [0.29, 0.717) is 33.8 Å². The number of ether oxygens (including phenoxy) is 2. The summed E-state index contributed by atoms with van der Waals surface area (Å²) in [6.45, 7) is 2.30. The van der Waals surface area contributed by atoms with Crippen LogP contribution in [0.5, 0.6) is 17.2 Å². The number of phenols is 1. The van der Waals surface area contributed by atoms with Gasteiger partial charge < -0.3 is 19.9 Å². The second-order valence-corrected chi connectivity index (χ2v) is 8.00. The number of rotatable bonds is 9. The number of anilines is 1. The van der Waals surface area contributed by atoms with E-state index in [2.05, 4.69) is 21.2 Å². The highest BCUT2D eigenvalue weighted by atomic mass is 79.9. The van der Waals surface area contributed by atoms with Gasteiger partial charge in [-0.25, -0.2) is 0 Å². The van der Waals surface area contributed by atoms with Crippen LogP contribution in [0.15, 0.2) is 70.7 Å². The summed E-state index contributed by atoms with van der Waals surface area (Å²) in [6, 6.07) is 17.1. The van der Waals surface area contributed by atoms with E-state index in [-0.39, 0.29) is 23.6 Å². The molecule has 0 aliphatic carbocycles. The monoisotopic (exact) mass is 537 g/mol. The number of carbonyl (C=O) groups excluding carboxylic acids is 1. The molecule has 3 rings (SSSR count). The van der Waals surface area contributed by atoms with Crippen LogP contribution >= 0.6 is 15.9 Å². The molecule has 0 fully saturated rings. The van der Waals surface area contributed by atoms with Crippen LogP contribution in [0.3, 0.4) is 0 Å². The van der Waals surface area contributed by atoms with Crippen LogP contribution < -0.4 is 14.8 Å². The molecule has 35 heavy (non-hydrogen) atoms. The van der Waals surface area contributed by atoms with Crippen LogP contribution in [0.1, 0.15) is 18.1 Å². The molecule has 0 saturated heterocycles. The third kappa shape index (κ3) is 6.82. The molecule has 0 radical (unpaired) electrons. The summed E-state index contributed by atoms with van der Waals surface area (Å²) in [4.78, 5) is 22.9. The minimum atomic E-state index is -0.606. The highest BCUT2D eigenvalue weighted by Crippen LogP contribution is 2.38. The maximum absolute atomic E-state index is 12.5. The Kier molecular flexibility index (Phi) is 8.43. The fourth-order valence-corrected chi connectivity index (χ4v) is 3.58. The van der Waals surface area contributed by atoms with Gasteiger partial charge in [-0.2, -0.15) is 5.26 Å². The zero-order chi connectivity index (χ0) is 25.4. The highest BCUT2D eigenvalue weighted by molar-refractivity contribution is 9.10. The van der Waals surface area contributed by atoms with Crippen LogP contribution in [-0.2, 0) is 11.4 Å². The number of nitro groups is 1. The van der Waals surface area contributed by atoms with Gasteiger partial charge in [0.25, 0.3) is 11.6 Å². The van der Waals surface area contributed by atoms with Crippen molar-refractivity contribution >= 4 is 39.3 Å². The molecule has 3 aromatic carbocycles. The summed E-state index contributed by atoms with van der Waals surface area (Å²) in [5.74, 6) is 0.259. The number of carbonyl (C=O) groups is 1. The molecule has 0 aliphatic rings. The van der Waals surface area contributed by atoms with E-state index in [1.807, 2.05) is 13.0 Å². The Labute approximate surface area is 209 Å². The zero-order valence-corrected chi connectivity index (χ0v) is 20.1. The number of hydrogen-bond donors (Lipinski definition) is 2. The Bertz CT molecular complexity index is 1300. The number of nitrogens with one attached hydrogen (secondary N) is 1. The second kappa shape index (κ2) is 11.7. The molecule has 0 aromatic heterocycles. The van der Waals surface area contributed by atoms with Crippen molar-refractivity contribution in [1.29, 1.82) is 5.26 Å². The first-order valence-corrected chi connectivity index (χ1v) is 11.1. The van der Waals surface area contributed by atoms with Crippen molar-refractivity contribution in [2.75, 3.05) is 11.9 Å². The molecule has 178 valence electrons. The van der Waals surface area contributed by atoms with Crippen molar-refractivity contribution in [3.8, 4) is 23.3 Å². The van der Waals surface area contributed by atoms with E-state index in [9.17, 15) is 25.3 Å². The third-order valence-electron chi connectivity index (χ3n) is 4.66. The summed E-state index contributed by atoms with van der Waals surface area (Å²) in [7, 11) is 0. The average Bonchev–Trinajstić information content (AvgIpc) is 2.83. The Morgan fingerprint density at radius 1 is 1.17 bits per heavy atom. The maximum atomic E-state index is 12.5.